The molecule has 1 aliphatic heterocycles. The van der Waals surface area contributed by atoms with Crippen LogP contribution in [0.15, 0.2) is 30.3 Å². The Morgan fingerprint density at radius 1 is 1.19 bits per heavy atom. The number of carbonyl (C=O) groups excluding carboxylic acids is 2. The number of halogens is 1. The lowest BCUT2D eigenvalue weighted by Gasteiger charge is -2.19. The van der Waals surface area contributed by atoms with Gasteiger partial charge in [0.15, 0.2) is 18.1 Å². The summed E-state index contributed by atoms with van der Waals surface area (Å²) in [5.74, 6) is 0.0797. The number of hydrogen-bond donors (Lipinski definition) is 2. The van der Waals surface area contributed by atoms with Crippen molar-refractivity contribution in [2.45, 2.75) is 0 Å². The Kier molecular flexibility index (Phi) is 5.56. The predicted molar refractivity (Wildman–Crippen MR) is 98.8 cm³/mol. The first kappa shape index (κ1) is 18.7. The first-order chi connectivity index (χ1) is 13.0. The zero-order chi connectivity index (χ0) is 19.4. The maximum absolute atomic E-state index is 12.2. The van der Waals surface area contributed by atoms with Crippen LogP contribution in [-0.2, 0) is 9.53 Å². The van der Waals surface area contributed by atoms with E-state index in [1.165, 1.54) is 19.2 Å². The molecule has 0 aromatic heterocycles. The molecule has 0 fully saturated rings. The van der Waals surface area contributed by atoms with E-state index in [-0.39, 0.29) is 22.0 Å². The second kappa shape index (κ2) is 8.05. The molecule has 0 saturated carbocycles. The number of ether oxygens (including phenoxy) is 4. The van der Waals surface area contributed by atoms with Crippen molar-refractivity contribution in [3.8, 4) is 17.2 Å². The van der Waals surface area contributed by atoms with Gasteiger partial charge in [0.25, 0.3) is 5.91 Å². The molecule has 2 aromatic rings. The van der Waals surface area contributed by atoms with Crippen molar-refractivity contribution in [1.82, 2.24) is 0 Å². The van der Waals surface area contributed by atoms with E-state index < -0.39 is 18.5 Å². The Hall–Kier alpha value is -3.13. The summed E-state index contributed by atoms with van der Waals surface area (Å²) < 4.78 is 21.0. The minimum absolute atomic E-state index is 0.0730. The van der Waals surface area contributed by atoms with Gasteiger partial charge >= 0.3 is 5.97 Å². The van der Waals surface area contributed by atoms with Crippen LogP contribution in [0.3, 0.4) is 0 Å². The summed E-state index contributed by atoms with van der Waals surface area (Å²) in [6, 6.07) is 7.73. The number of anilines is 2. The average molecular weight is 393 g/mol. The third-order valence-electron chi connectivity index (χ3n) is 3.70. The van der Waals surface area contributed by atoms with E-state index in [0.717, 1.165) is 0 Å². The topological polar surface area (TPSA) is 109 Å². The van der Waals surface area contributed by atoms with Gasteiger partial charge in [0, 0.05) is 17.8 Å². The highest BCUT2D eigenvalue weighted by atomic mass is 35.5. The van der Waals surface area contributed by atoms with E-state index in [1.807, 2.05) is 0 Å². The Morgan fingerprint density at radius 3 is 2.67 bits per heavy atom. The molecule has 9 heteroatoms. The number of nitrogens with one attached hydrogen (secondary N) is 1. The summed E-state index contributed by atoms with van der Waals surface area (Å²) in [6.45, 7) is 0.430. The molecule has 1 amide bonds. The van der Waals surface area contributed by atoms with Crippen LogP contribution in [0.4, 0.5) is 11.4 Å². The van der Waals surface area contributed by atoms with Gasteiger partial charge in [-0.1, -0.05) is 11.6 Å². The lowest BCUT2D eigenvalue weighted by Crippen LogP contribution is -2.21. The first-order valence-electron chi connectivity index (χ1n) is 7.97. The molecule has 8 nitrogen and oxygen atoms in total. The van der Waals surface area contributed by atoms with Crippen molar-refractivity contribution < 1.29 is 28.5 Å². The SMILES string of the molecule is COc1cc(N)c(Cl)cc1C(=O)OCC(=O)Nc1ccc2c(c1)OCCO2. The molecule has 1 aliphatic rings. The van der Waals surface area contributed by atoms with Gasteiger partial charge in [0.2, 0.25) is 0 Å². The molecule has 0 aliphatic carbocycles. The van der Waals surface area contributed by atoms with E-state index in [0.29, 0.717) is 30.4 Å². The molecule has 3 rings (SSSR count). The molecule has 0 radical (unpaired) electrons. The smallest absolute Gasteiger partial charge is 0.342 e. The maximum atomic E-state index is 12.2. The van der Waals surface area contributed by atoms with Gasteiger partial charge in [0.1, 0.15) is 24.5 Å². The molecule has 27 heavy (non-hydrogen) atoms. The molecule has 0 atom stereocenters. The minimum atomic E-state index is -0.758. The van der Waals surface area contributed by atoms with Gasteiger partial charge in [-0.3, -0.25) is 4.79 Å². The van der Waals surface area contributed by atoms with Gasteiger partial charge < -0.3 is 30.0 Å². The average Bonchev–Trinajstić information content (AvgIpc) is 2.67. The normalized spacial score (nSPS) is 12.2. The molecular formula is C18H17ClN2O6. The van der Waals surface area contributed by atoms with E-state index in [4.69, 9.17) is 36.3 Å². The number of benzene rings is 2. The van der Waals surface area contributed by atoms with E-state index in [9.17, 15) is 9.59 Å². The van der Waals surface area contributed by atoms with Gasteiger partial charge in [-0.05, 0) is 18.2 Å². The van der Waals surface area contributed by atoms with Gasteiger partial charge in [0.05, 0.1) is 17.8 Å². The number of hydrogen-bond acceptors (Lipinski definition) is 7. The van der Waals surface area contributed by atoms with E-state index >= 15 is 0 Å². The van der Waals surface area contributed by atoms with Crippen LogP contribution in [0.25, 0.3) is 0 Å². The lowest BCUT2D eigenvalue weighted by molar-refractivity contribution is -0.119. The third kappa shape index (κ3) is 4.35. The minimum Gasteiger partial charge on any atom is -0.496 e. The molecule has 0 saturated heterocycles. The molecule has 142 valence electrons. The third-order valence-corrected chi connectivity index (χ3v) is 4.03. The van der Waals surface area contributed by atoms with Crippen LogP contribution < -0.4 is 25.3 Å². The summed E-state index contributed by atoms with van der Waals surface area (Å²) in [5.41, 5.74) is 6.51. The van der Waals surface area contributed by atoms with Gasteiger partial charge in [-0.25, -0.2) is 4.79 Å². The fourth-order valence-corrected chi connectivity index (χ4v) is 2.59. The largest absolute Gasteiger partial charge is 0.496 e. The molecule has 0 bridgehead atoms. The van der Waals surface area contributed by atoms with Gasteiger partial charge in [-0.15, -0.1) is 0 Å². The molecule has 0 unspecified atom stereocenters. The fourth-order valence-electron chi connectivity index (χ4n) is 2.42. The lowest BCUT2D eigenvalue weighted by atomic mass is 10.2. The zero-order valence-corrected chi connectivity index (χ0v) is 15.2. The highest BCUT2D eigenvalue weighted by molar-refractivity contribution is 6.33. The molecule has 1 heterocycles. The van der Waals surface area contributed by atoms with E-state index in [2.05, 4.69) is 5.32 Å². The number of methoxy groups -OCH3 is 1. The van der Waals surface area contributed by atoms with Crippen molar-refractivity contribution in [2.24, 2.45) is 0 Å². The van der Waals surface area contributed by atoms with Crippen LogP contribution in [0, 0.1) is 0 Å². The van der Waals surface area contributed by atoms with Crippen molar-refractivity contribution >= 4 is 34.9 Å². The number of amides is 1. The fraction of sp³-hybridized carbons (Fsp3) is 0.222. The van der Waals surface area contributed by atoms with Crippen molar-refractivity contribution in [3.63, 3.8) is 0 Å². The molecule has 0 spiro atoms. The number of fused-ring (bicyclic) bond motifs is 1. The zero-order valence-electron chi connectivity index (χ0n) is 14.4. The van der Waals surface area contributed by atoms with Crippen molar-refractivity contribution in [3.05, 3.63) is 40.9 Å². The summed E-state index contributed by atoms with van der Waals surface area (Å²) >= 11 is 5.93. The van der Waals surface area contributed by atoms with Crippen LogP contribution in [-0.4, -0.2) is 38.8 Å². The monoisotopic (exact) mass is 392 g/mol. The second-order valence-corrected chi connectivity index (χ2v) is 5.96. The van der Waals surface area contributed by atoms with Crippen LogP contribution in [0.2, 0.25) is 5.02 Å². The first-order valence-corrected chi connectivity index (χ1v) is 8.35. The molecule has 2 aromatic carbocycles. The number of nitrogens with two attached hydrogens (primary N) is 1. The van der Waals surface area contributed by atoms with Crippen molar-refractivity contribution in [1.29, 1.82) is 0 Å². The Morgan fingerprint density at radius 2 is 1.93 bits per heavy atom. The van der Waals surface area contributed by atoms with E-state index in [1.54, 1.807) is 18.2 Å². The number of rotatable bonds is 5. The number of nitrogen functional groups attached to an aromatic ring is 1. The molecule has 3 N–H and O–H groups in total. The quantitative estimate of drug-likeness (QED) is 0.594. The second-order valence-electron chi connectivity index (χ2n) is 5.56. The van der Waals surface area contributed by atoms with Gasteiger partial charge in [-0.2, -0.15) is 0 Å². The highest BCUT2D eigenvalue weighted by Gasteiger charge is 2.18. The van der Waals surface area contributed by atoms with Crippen molar-refractivity contribution in [2.75, 3.05) is 38.0 Å². The highest BCUT2D eigenvalue weighted by Crippen LogP contribution is 2.32. The Labute approximate surface area is 160 Å². The standard InChI is InChI=1S/C18H17ClN2O6/c1-24-15-8-13(20)12(19)7-11(15)18(23)27-9-17(22)21-10-2-3-14-16(6-10)26-5-4-25-14/h2-3,6-8H,4-5,9,20H2,1H3,(H,21,22). The summed E-state index contributed by atoms with van der Waals surface area (Å²) in [6.07, 6.45) is 0. The Balaban J connectivity index is 1.61. The van der Waals surface area contributed by atoms with Crippen LogP contribution in [0.1, 0.15) is 10.4 Å². The maximum Gasteiger partial charge on any atom is 0.342 e. The summed E-state index contributed by atoms with van der Waals surface area (Å²) in [7, 11) is 1.38. The molecular weight excluding hydrogens is 376 g/mol. The Bertz CT molecular complexity index is 886. The predicted octanol–water partition coefficient (Wildman–Crippen LogP) is 2.50. The van der Waals surface area contributed by atoms with Crippen LogP contribution in [0.5, 0.6) is 17.2 Å². The number of esters is 1. The summed E-state index contributed by atoms with van der Waals surface area (Å²) in [4.78, 5) is 24.3. The summed E-state index contributed by atoms with van der Waals surface area (Å²) in [5, 5.41) is 2.80. The van der Waals surface area contributed by atoms with Crippen LogP contribution >= 0.6 is 11.6 Å². The number of carbonyl (C=O) groups is 2.